The molecular weight excluding hydrogens is 234 g/mol. The van der Waals surface area contributed by atoms with Gasteiger partial charge in [0.1, 0.15) is 0 Å². The summed E-state index contributed by atoms with van der Waals surface area (Å²) in [5.41, 5.74) is 1.22. The van der Waals surface area contributed by atoms with Crippen LogP contribution in [0.2, 0.25) is 0 Å². The Bertz CT molecular complexity index is 489. The molecule has 0 fully saturated rings. The van der Waals surface area contributed by atoms with Crippen molar-refractivity contribution >= 4 is 10.9 Å². The average molecular weight is 259 g/mol. The molecule has 3 heteroatoms. The van der Waals surface area contributed by atoms with E-state index in [-0.39, 0.29) is 0 Å². The summed E-state index contributed by atoms with van der Waals surface area (Å²) < 4.78 is 2.08. The molecule has 0 saturated heterocycles. The molecule has 104 valence electrons. The van der Waals surface area contributed by atoms with E-state index >= 15 is 0 Å². The van der Waals surface area contributed by atoms with E-state index < -0.39 is 0 Å². The molecule has 0 aliphatic heterocycles. The number of nitrogens with zero attached hydrogens (tertiary/aromatic N) is 2. The Morgan fingerprint density at radius 3 is 2.95 bits per heavy atom. The zero-order chi connectivity index (χ0) is 13.5. The van der Waals surface area contributed by atoms with Crippen LogP contribution in [0.3, 0.4) is 0 Å². The average Bonchev–Trinajstić information content (AvgIpc) is 2.83. The molecule has 2 aromatic rings. The Morgan fingerprint density at radius 1 is 1.26 bits per heavy atom. The van der Waals surface area contributed by atoms with Gasteiger partial charge in [-0.3, -0.25) is 4.68 Å². The molecule has 3 nitrogen and oxygen atoms in total. The maximum atomic E-state index is 4.44. The second-order valence-corrected chi connectivity index (χ2v) is 5.28. The summed E-state index contributed by atoms with van der Waals surface area (Å²) in [7, 11) is 0. The zero-order valence-corrected chi connectivity index (χ0v) is 12.1. The highest BCUT2D eigenvalue weighted by molar-refractivity contribution is 5.78. The van der Waals surface area contributed by atoms with Crippen molar-refractivity contribution in [3.63, 3.8) is 0 Å². The summed E-state index contributed by atoms with van der Waals surface area (Å²) in [5, 5.41) is 9.25. The highest BCUT2D eigenvalue weighted by atomic mass is 15.3. The van der Waals surface area contributed by atoms with Gasteiger partial charge in [0.25, 0.3) is 0 Å². The van der Waals surface area contributed by atoms with Crippen molar-refractivity contribution in [3.8, 4) is 0 Å². The van der Waals surface area contributed by atoms with Gasteiger partial charge in [0.2, 0.25) is 0 Å². The van der Waals surface area contributed by atoms with Crippen LogP contribution >= 0.6 is 0 Å². The third kappa shape index (κ3) is 4.06. The molecule has 1 aromatic carbocycles. The summed E-state index contributed by atoms with van der Waals surface area (Å²) in [4.78, 5) is 0. The van der Waals surface area contributed by atoms with E-state index in [1.54, 1.807) is 0 Å². The van der Waals surface area contributed by atoms with Crippen molar-refractivity contribution in [2.45, 2.75) is 52.1 Å². The van der Waals surface area contributed by atoms with Crippen LogP contribution in [0.4, 0.5) is 0 Å². The molecule has 1 atom stereocenters. The number of fused-ring (bicyclic) bond motifs is 1. The molecule has 0 saturated carbocycles. The molecule has 1 N–H and O–H groups in total. The highest BCUT2D eigenvalue weighted by Crippen LogP contribution is 2.12. The second kappa shape index (κ2) is 7.29. The van der Waals surface area contributed by atoms with Gasteiger partial charge in [-0.25, -0.2) is 0 Å². The Morgan fingerprint density at radius 2 is 2.11 bits per heavy atom. The molecule has 0 aliphatic rings. The van der Waals surface area contributed by atoms with Gasteiger partial charge < -0.3 is 5.32 Å². The predicted molar refractivity (Wildman–Crippen MR) is 81.3 cm³/mol. The first-order valence-corrected chi connectivity index (χ1v) is 7.45. The van der Waals surface area contributed by atoms with Crippen molar-refractivity contribution in [2.24, 2.45) is 0 Å². The van der Waals surface area contributed by atoms with Crippen LogP contribution in [0, 0.1) is 0 Å². The lowest BCUT2D eigenvalue weighted by Gasteiger charge is -2.13. The molecular formula is C16H25N3. The summed E-state index contributed by atoms with van der Waals surface area (Å²) in [6.45, 7) is 6.45. The lowest BCUT2D eigenvalue weighted by molar-refractivity contribution is 0.463. The molecule has 2 rings (SSSR count). The van der Waals surface area contributed by atoms with Gasteiger partial charge in [0, 0.05) is 18.0 Å². The quantitative estimate of drug-likeness (QED) is 0.734. The van der Waals surface area contributed by atoms with E-state index in [1.165, 1.54) is 36.6 Å². The van der Waals surface area contributed by atoms with Gasteiger partial charge in [-0.1, -0.05) is 44.4 Å². The van der Waals surface area contributed by atoms with Crippen LogP contribution in [-0.2, 0) is 6.54 Å². The molecule has 0 bridgehead atoms. The smallest absolute Gasteiger partial charge is 0.0682 e. The monoisotopic (exact) mass is 259 g/mol. The highest BCUT2D eigenvalue weighted by Gasteiger charge is 2.03. The normalized spacial score (nSPS) is 12.9. The largest absolute Gasteiger partial charge is 0.312 e. The summed E-state index contributed by atoms with van der Waals surface area (Å²) >= 11 is 0. The SMILES string of the molecule is CCCCCC(C)NCCn1ncc2ccccc21. The van der Waals surface area contributed by atoms with E-state index in [2.05, 4.69) is 53.2 Å². The van der Waals surface area contributed by atoms with E-state index in [0.717, 1.165) is 13.1 Å². The van der Waals surface area contributed by atoms with Crippen LogP contribution in [-0.4, -0.2) is 22.4 Å². The Kier molecular flexibility index (Phi) is 5.40. The van der Waals surface area contributed by atoms with Crippen LogP contribution in [0.15, 0.2) is 30.5 Å². The van der Waals surface area contributed by atoms with E-state index in [0.29, 0.717) is 6.04 Å². The molecule has 0 amide bonds. The molecule has 1 unspecified atom stereocenters. The Balaban J connectivity index is 1.76. The van der Waals surface area contributed by atoms with E-state index in [1.807, 2.05) is 6.20 Å². The summed E-state index contributed by atoms with van der Waals surface area (Å²) in [5.74, 6) is 0. The van der Waals surface area contributed by atoms with E-state index in [9.17, 15) is 0 Å². The van der Waals surface area contributed by atoms with Crippen molar-refractivity contribution in [3.05, 3.63) is 30.5 Å². The number of unbranched alkanes of at least 4 members (excludes halogenated alkanes) is 2. The van der Waals surface area contributed by atoms with Gasteiger partial charge >= 0.3 is 0 Å². The minimum absolute atomic E-state index is 0.605. The van der Waals surface area contributed by atoms with Gasteiger partial charge in [-0.05, 0) is 19.4 Å². The molecule has 1 aromatic heterocycles. The standard InChI is InChI=1S/C16H25N3/c1-3-4-5-8-14(2)17-11-12-19-16-10-7-6-9-15(16)13-18-19/h6-7,9-10,13-14,17H,3-5,8,11-12H2,1-2H3. The third-order valence-electron chi connectivity index (χ3n) is 3.61. The molecule has 1 heterocycles. The number of hydrogen-bond acceptors (Lipinski definition) is 2. The first-order valence-electron chi connectivity index (χ1n) is 7.45. The Labute approximate surface area is 116 Å². The zero-order valence-electron chi connectivity index (χ0n) is 12.1. The van der Waals surface area contributed by atoms with Crippen LogP contribution in [0.25, 0.3) is 10.9 Å². The lowest BCUT2D eigenvalue weighted by Crippen LogP contribution is -2.29. The Hall–Kier alpha value is -1.35. The first-order chi connectivity index (χ1) is 9.31. The predicted octanol–water partition coefficient (Wildman–Crippen LogP) is 3.59. The van der Waals surface area contributed by atoms with Crippen molar-refractivity contribution in [1.29, 1.82) is 0 Å². The fourth-order valence-corrected chi connectivity index (χ4v) is 2.42. The summed E-state index contributed by atoms with van der Waals surface area (Å²) in [6, 6.07) is 8.98. The fourth-order valence-electron chi connectivity index (χ4n) is 2.42. The van der Waals surface area contributed by atoms with Crippen LogP contribution < -0.4 is 5.32 Å². The number of para-hydroxylation sites is 1. The number of benzene rings is 1. The van der Waals surface area contributed by atoms with Crippen molar-refractivity contribution in [2.75, 3.05) is 6.54 Å². The van der Waals surface area contributed by atoms with Gasteiger partial charge in [-0.2, -0.15) is 5.10 Å². The van der Waals surface area contributed by atoms with Gasteiger partial charge in [0.05, 0.1) is 18.3 Å². The number of rotatable bonds is 8. The number of hydrogen-bond donors (Lipinski definition) is 1. The maximum Gasteiger partial charge on any atom is 0.0682 e. The minimum Gasteiger partial charge on any atom is -0.312 e. The number of nitrogens with one attached hydrogen (secondary N) is 1. The van der Waals surface area contributed by atoms with Crippen LogP contribution in [0.5, 0.6) is 0 Å². The minimum atomic E-state index is 0.605. The second-order valence-electron chi connectivity index (χ2n) is 5.28. The number of aromatic nitrogens is 2. The van der Waals surface area contributed by atoms with Crippen LogP contribution in [0.1, 0.15) is 39.5 Å². The van der Waals surface area contributed by atoms with Crippen molar-refractivity contribution < 1.29 is 0 Å². The molecule has 0 radical (unpaired) electrons. The van der Waals surface area contributed by atoms with E-state index in [4.69, 9.17) is 0 Å². The fraction of sp³-hybridized carbons (Fsp3) is 0.562. The molecule has 0 spiro atoms. The lowest BCUT2D eigenvalue weighted by atomic mass is 10.1. The van der Waals surface area contributed by atoms with Crippen molar-refractivity contribution in [1.82, 2.24) is 15.1 Å². The third-order valence-corrected chi connectivity index (χ3v) is 3.61. The van der Waals surface area contributed by atoms with Gasteiger partial charge in [-0.15, -0.1) is 0 Å². The molecule has 19 heavy (non-hydrogen) atoms. The molecule has 0 aliphatic carbocycles. The maximum absolute atomic E-state index is 4.44. The summed E-state index contributed by atoms with van der Waals surface area (Å²) in [6.07, 6.45) is 7.19. The topological polar surface area (TPSA) is 29.9 Å². The first kappa shape index (κ1) is 14.1. The van der Waals surface area contributed by atoms with Gasteiger partial charge in [0.15, 0.2) is 0 Å².